The minimum Gasteiger partial charge on any atom is -0.444 e. The normalized spacial score (nSPS) is 21.6. The Bertz CT molecular complexity index is 571. The molecule has 1 amide bonds. The van der Waals surface area contributed by atoms with Gasteiger partial charge in [0.25, 0.3) is 0 Å². The van der Waals surface area contributed by atoms with Crippen LogP contribution in [0.5, 0.6) is 0 Å². The number of likely N-dealkylation sites (tertiary alicyclic amines) is 1. The molecule has 5 heteroatoms. The van der Waals surface area contributed by atoms with E-state index in [1.807, 2.05) is 37.8 Å². The van der Waals surface area contributed by atoms with Crippen LogP contribution in [0, 0.1) is 5.41 Å². The molecule has 2 rings (SSSR count). The van der Waals surface area contributed by atoms with Gasteiger partial charge >= 0.3 is 6.09 Å². The summed E-state index contributed by atoms with van der Waals surface area (Å²) in [4.78, 5) is 14.2. The monoisotopic (exact) mass is 396 g/mol. The summed E-state index contributed by atoms with van der Waals surface area (Å²) in [6, 6.07) is 8.33. The maximum atomic E-state index is 12.3. The lowest BCUT2D eigenvalue weighted by Gasteiger charge is -2.41. The molecular formula is C19H29BrN2O2. The van der Waals surface area contributed by atoms with Gasteiger partial charge in [-0.25, -0.2) is 4.79 Å². The predicted octanol–water partition coefficient (Wildman–Crippen LogP) is 4.58. The van der Waals surface area contributed by atoms with Crippen molar-refractivity contribution in [1.82, 2.24) is 10.2 Å². The lowest BCUT2D eigenvalue weighted by Crippen LogP contribution is -2.50. The summed E-state index contributed by atoms with van der Waals surface area (Å²) >= 11 is 3.50. The van der Waals surface area contributed by atoms with Gasteiger partial charge < -0.3 is 15.0 Å². The largest absolute Gasteiger partial charge is 0.444 e. The van der Waals surface area contributed by atoms with E-state index in [9.17, 15) is 4.79 Å². The van der Waals surface area contributed by atoms with Gasteiger partial charge in [-0.05, 0) is 56.7 Å². The second-order valence-electron chi connectivity index (χ2n) is 8.05. The number of amides is 1. The molecule has 1 saturated heterocycles. The van der Waals surface area contributed by atoms with Crippen LogP contribution in [0.3, 0.4) is 0 Å². The molecule has 0 bridgehead atoms. The van der Waals surface area contributed by atoms with E-state index >= 15 is 0 Å². The number of benzene rings is 1. The highest BCUT2D eigenvalue weighted by Crippen LogP contribution is 2.29. The van der Waals surface area contributed by atoms with E-state index in [-0.39, 0.29) is 11.5 Å². The number of rotatable bonds is 4. The molecule has 1 fully saturated rings. The number of carbonyl (C=O) groups is 1. The molecule has 1 aromatic carbocycles. The first kappa shape index (κ1) is 19.3. The first-order valence-electron chi connectivity index (χ1n) is 8.60. The Balaban J connectivity index is 1.86. The van der Waals surface area contributed by atoms with Gasteiger partial charge in [0.1, 0.15) is 5.60 Å². The van der Waals surface area contributed by atoms with Crippen molar-refractivity contribution in [1.29, 1.82) is 0 Å². The maximum Gasteiger partial charge on any atom is 0.410 e. The standard InChI is InChI=1S/C19H29BrN2O2/c1-18(2,3)24-17(23)22-10-6-9-19(4,14-22)13-21-12-15-7-5-8-16(20)11-15/h5,7-8,11,21H,6,9-10,12-14H2,1-4H3. The number of hydrogen-bond acceptors (Lipinski definition) is 3. The summed E-state index contributed by atoms with van der Waals surface area (Å²) in [7, 11) is 0. The Morgan fingerprint density at radius 2 is 2.17 bits per heavy atom. The molecule has 1 aliphatic heterocycles. The fraction of sp³-hybridized carbons (Fsp3) is 0.632. The summed E-state index contributed by atoms with van der Waals surface area (Å²) in [5, 5.41) is 3.55. The van der Waals surface area contributed by atoms with Gasteiger partial charge in [-0.2, -0.15) is 0 Å². The van der Waals surface area contributed by atoms with Gasteiger partial charge in [0.05, 0.1) is 0 Å². The first-order valence-corrected chi connectivity index (χ1v) is 9.39. The SMILES string of the molecule is CC1(CNCc2cccc(Br)c2)CCCN(C(=O)OC(C)(C)C)C1. The number of nitrogens with one attached hydrogen (secondary N) is 1. The molecule has 0 radical (unpaired) electrons. The summed E-state index contributed by atoms with van der Waals surface area (Å²) in [5.41, 5.74) is 0.901. The number of piperidine rings is 1. The van der Waals surface area contributed by atoms with E-state index in [4.69, 9.17) is 4.74 Å². The molecule has 0 saturated carbocycles. The Kier molecular flexibility index (Phi) is 6.32. The van der Waals surface area contributed by atoms with Crippen molar-refractivity contribution in [3.63, 3.8) is 0 Å². The van der Waals surface area contributed by atoms with Crippen LogP contribution in [-0.2, 0) is 11.3 Å². The topological polar surface area (TPSA) is 41.6 Å². The van der Waals surface area contributed by atoms with Crippen molar-refractivity contribution in [3.8, 4) is 0 Å². The van der Waals surface area contributed by atoms with Crippen molar-refractivity contribution < 1.29 is 9.53 Å². The number of carbonyl (C=O) groups excluding carboxylic acids is 1. The molecule has 1 N–H and O–H groups in total. The van der Waals surface area contributed by atoms with Crippen molar-refractivity contribution in [2.45, 2.75) is 52.7 Å². The smallest absolute Gasteiger partial charge is 0.410 e. The summed E-state index contributed by atoms with van der Waals surface area (Å²) in [5.74, 6) is 0. The highest BCUT2D eigenvalue weighted by Gasteiger charge is 2.34. The van der Waals surface area contributed by atoms with E-state index in [0.29, 0.717) is 0 Å². The second kappa shape index (κ2) is 7.87. The van der Waals surface area contributed by atoms with E-state index in [2.05, 4.69) is 40.3 Å². The molecule has 24 heavy (non-hydrogen) atoms. The molecular weight excluding hydrogens is 368 g/mol. The van der Waals surface area contributed by atoms with E-state index in [0.717, 1.165) is 43.5 Å². The zero-order valence-electron chi connectivity index (χ0n) is 15.2. The van der Waals surface area contributed by atoms with E-state index in [1.165, 1.54) is 5.56 Å². The third kappa shape index (κ3) is 6.10. The van der Waals surface area contributed by atoms with Crippen molar-refractivity contribution >= 4 is 22.0 Å². The molecule has 1 unspecified atom stereocenters. The second-order valence-corrected chi connectivity index (χ2v) is 8.97. The van der Waals surface area contributed by atoms with Gasteiger partial charge in [0.2, 0.25) is 0 Å². The van der Waals surface area contributed by atoms with Gasteiger partial charge in [-0.1, -0.05) is 35.0 Å². The third-order valence-electron chi connectivity index (χ3n) is 4.20. The minimum atomic E-state index is -0.441. The summed E-state index contributed by atoms with van der Waals surface area (Å²) < 4.78 is 6.62. The van der Waals surface area contributed by atoms with E-state index in [1.54, 1.807) is 0 Å². The summed E-state index contributed by atoms with van der Waals surface area (Å²) in [6.45, 7) is 11.2. The first-order chi connectivity index (χ1) is 11.2. The molecule has 0 aliphatic carbocycles. The van der Waals surface area contributed by atoms with Crippen LogP contribution in [0.1, 0.15) is 46.1 Å². The van der Waals surface area contributed by atoms with Crippen LogP contribution < -0.4 is 5.32 Å². The molecule has 0 spiro atoms. The number of ether oxygens (including phenoxy) is 1. The van der Waals surface area contributed by atoms with Gasteiger partial charge in [0.15, 0.2) is 0 Å². The van der Waals surface area contributed by atoms with Gasteiger partial charge in [0, 0.05) is 30.7 Å². The number of hydrogen-bond donors (Lipinski definition) is 1. The third-order valence-corrected chi connectivity index (χ3v) is 4.70. The fourth-order valence-corrected chi connectivity index (χ4v) is 3.54. The average Bonchev–Trinajstić information content (AvgIpc) is 2.45. The number of nitrogens with zero attached hydrogens (tertiary/aromatic N) is 1. The van der Waals surface area contributed by atoms with Crippen LogP contribution in [-0.4, -0.2) is 36.2 Å². The highest BCUT2D eigenvalue weighted by atomic mass is 79.9. The molecule has 4 nitrogen and oxygen atoms in total. The average molecular weight is 397 g/mol. The van der Waals surface area contributed by atoms with Crippen LogP contribution >= 0.6 is 15.9 Å². The molecule has 1 atom stereocenters. The molecule has 134 valence electrons. The zero-order chi connectivity index (χ0) is 17.8. The molecule has 0 aromatic heterocycles. The van der Waals surface area contributed by atoms with Crippen LogP contribution in [0.25, 0.3) is 0 Å². The Morgan fingerprint density at radius 3 is 2.83 bits per heavy atom. The number of halogens is 1. The quantitative estimate of drug-likeness (QED) is 0.809. The Labute approximate surface area is 154 Å². The van der Waals surface area contributed by atoms with Crippen molar-refractivity contribution in [2.24, 2.45) is 5.41 Å². The van der Waals surface area contributed by atoms with Crippen molar-refractivity contribution in [2.75, 3.05) is 19.6 Å². The Morgan fingerprint density at radius 1 is 1.42 bits per heavy atom. The Hall–Kier alpha value is -1.07. The maximum absolute atomic E-state index is 12.3. The highest BCUT2D eigenvalue weighted by molar-refractivity contribution is 9.10. The lowest BCUT2D eigenvalue weighted by molar-refractivity contribution is 0.00675. The van der Waals surface area contributed by atoms with Crippen LogP contribution in [0.2, 0.25) is 0 Å². The lowest BCUT2D eigenvalue weighted by atomic mass is 9.82. The van der Waals surface area contributed by atoms with Crippen LogP contribution in [0.4, 0.5) is 4.79 Å². The van der Waals surface area contributed by atoms with Gasteiger partial charge in [-0.3, -0.25) is 0 Å². The van der Waals surface area contributed by atoms with E-state index < -0.39 is 5.60 Å². The predicted molar refractivity (Wildman–Crippen MR) is 101 cm³/mol. The minimum absolute atomic E-state index is 0.0845. The molecule has 1 heterocycles. The molecule has 1 aliphatic rings. The fourth-order valence-electron chi connectivity index (χ4n) is 3.10. The zero-order valence-corrected chi connectivity index (χ0v) is 16.8. The van der Waals surface area contributed by atoms with Crippen molar-refractivity contribution in [3.05, 3.63) is 34.3 Å². The van der Waals surface area contributed by atoms with Crippen LogP contribution in [0.15, 0.2) is 28.7 Å². The summed E-state index contributed by atoms with van der Waals surface area (Å²) in [6.07, 6.45) is 1.95. The molecule has 1 aromatic rings. The van der Waals surface area contributed by atoms with Gasteiger partial charge in [-0.15, -0.1) is 0 Å².